The molecule has 21 heavy (non-hydrogen) atoms. The van der Waals surface area contributed by atoms with Crippen LogP contribution in [0.25, 0.3) is 0 Å². The molecule has 0 unspecified atom stereocenters. The van der Waals surface area contributed by atoms with Crippen molar-refractivity contribution in [1.82, 2.24) is 10.2 Å². The van der Waals surface area contributed by atoms with Gasteiger partial charge in [0, 0.05) is 18.1 Å². The summed E-state index contributed by atoms with van der Waals surface area (Å²) in [5.74, 6) is -0.0744. The highest BCUT2D eigenvalue weighted by atomic mass is 35.5. The molecule has 1 fully saturated rings. The molecule has 1 heterocycles. The molecule has 0 aliphatic carbocycles. The molecule has 0 spiro atoms. The molecule has 3 N–H and O–H groups in total. The molecule has 0 saturated carbocycles. The lowest BCUT2D eigenvalue weighted by atomic mass is 9.87. The zero-order chi connectivity index (χ0) is 15.5. The van der Waals surface area contributed by atoms with Crippen LogP contribution >= 0.6 is 23.8 Å². The lowest BCUT2D eigenvalue weighted by molar-refractivity contribution is -0.122. The Bertz CT molecular complexity index is 541. The fourth-order valence-corrected chi connectivity index (χ4v) is 3.04. The lowest BCUT2D eigenvalue weighted by Crippen LogP contribution is -2.61. The Hall–Kier alpha value is -1.17. The second-order valence-corrected chi connectivity index (χ2v) is 6.48. The number of nitrogens with one attached hydrogen (secondary N) is 1. The first-order valence-corrected chi connectivity index (χ1v) is 7.74. The molecule has 1 aliphatic heterocycles. The van der Waals surface area contributed by atoms with Gasteiger partial charge in [-0.15, -0.1) is 0 Å². The number of carbonyl (C=O) groups excluding carboxylic acids is 1. The fraction of sp³-hybridized carbons (Fsp3) is 0.467. The number of hydrogen-bond acceptors (Lipinski definition) is 3. The quantitative estimate of drug-likeness (QED) is 0.828. The summed E-state index contributed by atoms with van der Waals surface area (Å²) in [4.78, 5) is 14.9. The highest BCUT2D eigenvalue weighted by molar-refractivity contribution is 7.80. The summed E-state index contributed by atoms with van der Waals surface area (Å²) in [6.45, 7) is 1.74. The van der Waals surface area contributed by atoms with Gasteiger partial charge < -0.3 is 16.0 Å². The van der Waals surface area contributed by atoms with Crippen LogP contribution in [0.5, 0.6) is 0 Å². The van der Waals surface area contributed by atoms with E-state index in [1.165, 1.54) is 0 Å². The molecule has 0 aromatic heterocycles. The molecule has 1 aromatic carbocycles. The van der Waals surface area contributed by atoms with E-state index in [2.05, 4.69) is 17.3 Å². The normalized spacial score (nSPS) is 18.2. The summed E-state index contributed by atoms with van der Waals surface area (Å²) >= 11 is 11.1. The number of benzene rings is 1. The summed E-state index contributed by atoms with van der Waals surface area (Å²) in [5.41, 5.74) is 6.21. The monoisotopic (exact) mass is 325 g/mol. The zero-order valence-corrected chi connectivity index (χ0v) is 13.6. The average Bonchev–Trinajstić information content (AvgIpc) is 2.41. The third kappa shape index (κ3) is 4.15. The number of piperidine rings is 1. The molecule has 0 radical (unpaired) electrons. The molecule has 1 amide bonds. The minimum absolute atomic E-state index is 0.0744. The highest BCUT2D eigenvalue weighted by Gasteiger charge is 2.37. The van der Waals surface area contributed by atoms with Crippen molar-refractivity contribution >= 4 is 34.7 Å². The average molecular weight is 326 g/mol. The third-order valence-corrected chi connectivity index (χ3v) is 4.57. The number of rotatable bonds is 4. The third-order valence-electron chi connectivity index (χ3n) is 3.94. The van der Waals surface area contributed by atoms with Crippen molar-refractivity contribution in [3.05, 3.63) is 34.9 Å². The molecule has 1 aromatic rings. The van der Waals surface area contributed by atoms with E-state index in [0.29, 0.717) is 10.0 Å². The Morgan fingerprint density at radius 2 is 2.14 bits per heavy atom. The van der Waals surface area contributed by atoms with Crippen molar-refractivity contribution in [1.29, 1.82) is 0 Å². The molecule has 0 bridgehead atoms. The van der Waals surface area contributed by atoms with Crippen LogP contribution in [0.15, 0.2) is 24.3 Å². The molecule has 1 aliphatic rings. The van der Waals surface area contributed by atoms with Gasteiger partial charge in [-0.2, -0.15) is 0 Å². The molecule has 1 saturated heterocycles. The molecular formula is C15H20ClN3OS. The van der Waals surface area contributed by atoms with Crippen molar-refractivity contribution in [3.63, 3.8) is 0 Å². The predicted octanol–water partition coefficient (Wildman–Crippen LogP) is 1.75. The smallest absolute Gasteiger partial charge is 0.225 e. The van der Waals surface area contributed by atoms with Crippen LogP contribution in [0.3, 0.4) is 0 Å². The van der Waals surface area contributed by atoms with Gasteiger partial charge in [-0.1, -0.05) is 36.0 Å². The standard InChI is InChI=1S/C15H20ClN3OS/c1-19-7-5-15(6-8-19,14(17)21)18-13(20)10-11-3-2-4-12(16)9-11/h2-4,9H,5-8,10H2,1H3,(H2,17,21)(H,18,20). The first kappa shape index (κ1) is 16.2. The van der Waals surface area contributed by atoms with Gasteiger partial charge >= 0.3 is 0 Å². The van der Waals surface area contributed by atoms with Crippen LogP contribution in [0.4, 0.5) is 0 Å². The first-order valence-electron chi connectivity index (χ1n) is 6.95. The second kappa shape index (κ2) is 6.73. The van der Waals surface area contributed by atoms with Crippen LogP contribution in [0.1, 0.15) is 18.4 Å². The number of likely N-dealkylation sites (tertiary alicyclic amines) is 1. The Labute approximate surface area is 135 Å². The summed E-state index contributed by atoms with van der Waals surface area (Å²) in [6.07, 6.45) is 1.78. The highest BCUT2D eigenvalue weighted by Crippen LogP contribution is 2.22. The van der Waals surface area contributed by atoms with Crippen LogP contribution < -0.4 is 11.1 Å². The van der Waals surface area contributed by atoms with E-state index in [1.54, 1.807) is 12.1 Å². The van der Waals surface area contributed by atoms with Gasteiger partial charge in [0.25, 0.3) is 0 Å². The Morgan fingerprint density at radius 3 is 2.71 bits per heavy atom. The van der Waals surface area contributed by atoms with E-state index in [-0.39, 0.29) is 12.3 Å². The molecule has 0 atom stereocenters. The van der Waals surface area contributed by atoms with Gasteiger partial charge in [0.1, 0.15) is 0 Å². The van der Waals surface area contributed by atoms with Crippen LogP contribution in [-0.4, -0.2) is 41.5 Å². The molecule has 2 rings (SSSR count). The number of carbonyl (C=O) groups is 1. The Morgan fingerprint density at radius 1 is 1.48 bits per heavy atom. The van der Waals surface area contributed by atoms with E-state index in [9.17, 15) is 4.79 Å². The van der Waals surface area contributed by atoms with Crippen LogP contribution in [0, 0.1) is 0 Å². The van der Waals surface area contributed by atoms with Gasteiger partial charge in [-0.05, 0) is 37.6 Å². The Kier molecular flexibility index (Phi) is 5.19. The van der Waals surface area contributed by atoms with E-state index in [4.69, 9.17) is 29.6 Å². The van der Waals surface area contributed by atoms with Crippen molar-refractivity contribution in [3.8, 4) is 0 Å². The van der Waals surface area contributed by atoms with Crippen molar-refractivity contribution < 1.29 is 4.79 Å². The molecule has 4 nitrogen and oxygen atoms in total. The van der Waals surface area contributed by atoms with Gasteiger partial charge in [-0.25, -0.2) is 0 Å². The summed E-state index contributed by atoms with van der Waals surface area (Å²) in [7, 11) is 2.05. The number of amides is 1. The number of nitrogens with zero attached hydrogens (tertiary/aromatic N) is 1. The summed E-state index contributed by atoms with van der Waals surface area (Å²) < 4.78 is 0. The number of thiocarbonyl (C=S) groups is 1. The fourth-order valence-electron chi connectivity index (χ4n) is 2.58. The van der Waals surface area contributed by atoms with E-state index in [1.807, 2.05) is 12.1 Å². The van der Waals surface area contributed by atoms with Crippen LogP contribution in [0.2, 0.25) is 5.02 Å². The minimum atomic E-state index is -0.558. The van der Waals surface area contributed by atoms with Crippen molar-refractivity contribution in [2.75, 3.05) is 20.1 Å². The van der Waals surface area contributed by atoms with E-state index >= 15 is 0 Å². The Balaban J connectivity index is 2.04. The van der Waals surface area contributed by atoms with Crippen molar-refractivity contribution in [2.24, 2.45) is 5.73 Å². The zero-order valence-electron chi connectivity index (χ0n) is 12.1. The largest absolute Gasteiger partial charge is 0.391 e. The summed E-state index contributed by atoms with van der Waals surface area (Å²) in [6, 6.07) is 7.30. The minimum Gasteiger partial charge on any atom is -0.391 e. The number of halogens is 1. The lowest BCUT2D eigenvalue weighted by Gasteiger charge is -2.40. The van der Waals surface area contributed by atoms with E-state index in [0.717, 1.165) is 31.5 Å². The molecule has 6 heteroatoms. The van der Waals surface area contributed by atoms with Gasteiger partial charge in [-0.3, -0.25) is 4.79 Å². The first-order chi connectivity index (χ1) is 9.91. The number of nitrogens with two attached hydrogens (primary N) is 1. The second-order valence-electron chi connectivity index (χ2n) is 5.60. The maximum absolute atomic E-state index is 12.3. The predicted molar refractivity (Wildman–Crippen MR) is 89.5 cm³/mol. The SMILES string of the molecule is CN1CCC(NC(=O)Cc2cccc(Cl)c2)(C(N)=S)CC1. The maximum Gasteiger partial charge on any atom is 0.225 e. The van der Waals surface area contributed by atoms with Gasteiger partial charge in [0.15, 0.2) is 0 Å². The van der Waals surface area contributed by atoms with Gasteiger partial charge in [0.05, 0.1) is 16.9 Å². The number of hydrogen-bond donors (Lipinski definition) is 2. The van der Waals surface area contributed by atoms with Crippen molar-refractivity contribution in [2.45, 2.75) is 24.8 Å². The topological polar surface area (TPSA) is 58.4 Å². The maximum atomic E-state index is 12.3. The van der Waals surface area contributed by atoms with Crippen LogP contribution in [-0.2, 0) is 11.2 Å². The summed E-state index contributed by atoms with van der Waals surface area (Å²) in [5, 5.41) is 3.67. The molecular weight excluding hydrogens is 306 g/mol. The molecule has 114 valence electrons. The van der Waals surface area contributed by atoms with E-state index < -0.39 is 5.54 Å². The van der Waals surface area contributed by atoms with Gasteiger partial charge in [0.2, 0.25) is 5.91 Å².